The van der Waals surface area contributed by atoms with Crippen LogP contribution in [-0.2, 0) is 11.5 Å². The van der Waals surface area contributed by atoms with Crippen molar-refractivity contribution in [3.8, 4) is 0 Å². The first-order valence-corrected chi connectivity index (χ1v) is 15.2. The van der Waals surface area contributed by atoms with Crippen molar-refractivity contribution in [1.29, 1.82) is 0 Å². The van der Waals surface area contributed by atoms with Gasteiger partial charge in [0, 0.05) is 24.4 Å². The lowest BCUT2D eigenvalue weighted by molar-refractivity contribution is -0.124. The number of hydrogen-bond acceptors (Lipinski definition) is 5. The fraction of sp³-hybridized carbons (Fsp3) is 0.485. The van der Waals surface area contributed by atoms with E-state index in [0.29, 0.717) is 24.5 Å². The maximum Gasteiger partial charge on any atom is 0.223 e. The predicted octanol–water partition coefficient (Wildman–Crippen LogP) is 8.08. The molecule has 1 atom stereocenters. The van der Waals surface area contributed by atoms with E-state index in [1.807, 2.05) is 49.7 Å². The zero-order chi connectivity index (χ0) is 31.2. The first kappa shape index (κ1) is 38.0. The Kier molecular flexibility index (Phi) is 21.0. The van der Waals surface area contributed by atoms with Crippen molar-refractivity contribution in [3.63, 3.8) is 0 Å². The van der Waals surface area contributed by atoms with Gasteiger partial charge in [-0.2, -0.15) is 5.10 Å². The molecule has 1 aromatic heterocycles. The molecule has 1 heterocycles. The number of ketones is 1. The number of amides is 1. The molecule has 0 saturated carbocycles. The summed E-state index contributed by atoms with van der Waals surface area (Å²) in [5, 5.41) is 19.6. The highest BCUT2D eigenvalue weighted by Crippen LogP contribution is 2.17. The molecule has 228 valence electrons. The molecule has 7 nitrogen and oxygen atoms in total. The molecule has 2 rings (SSSR count). The minimum atomic E-state index is -0.322. The van der Waals surface area contributed by atoms with Crippen LogP contribution >= 0.6 is 15.9 Å². The van der Waals surface area contributed by atoms with E-state index in [-0.39, 0.29) is 24.0 Å². The summed E-state index contributed by atoms with van der Waals surface area (Å²) in [7, 11) is 0. The van der Waals surface area contributed by atoms with Crippen LogP contribution in [0.4, 0.5) is 0 Å². The molecule has 0 radical (unpaired) electrons. The van der Waals surface area contributed by atoms with E-state index >= 15 is 0 Å². The number of unbranched alkanes of at least 4 members (excludes halogenated alkanes) is 1. The van der Waals surface area contributed by atoms with Gasteiger partial charge in [0.1, 0.15) is 0 Å². The molecule has 0 saturated heterocycles. The number of carbonyl (C=O) groups is 2. The summed E-state index contributed by atoms with van der Waals surface area (Å²) in [5.74, 6) is 0.0266. The van der Waals surface area contributed by atoms with Crippen LogP contribution in [0.2, 0.25) is 0 Å². The van der Waals surface area contributed by atoms with E-state index in [1.165, 1.54) is 0 Å². The average molecular weight is 632 g/mol. The Balaban J connectivity index is 0.000000949. The van der Waals surface area contributed by atoms with Crippen molar-refractivity contribution in [2.24, 2.45) is 5.92 Å². The molecule has 0 aliphatic heterocycles. The van der Waals surface area contributed by atoms with Gasteiger partial charge in [-0.1, -0.05) is 70.7 Å². The van der Waals surface area contributed by atoms with E-state index in [9.17, 15) is 9.59 Å². The summed E-state index contributed by atoms with van der Waals surface area (Å²) in [6.07, 6.45) is 8.61. The van der Waals surface area contributed by atoms with Crippen LogP contribution in [0.1, 0.15) is 89.2 Å². The van der Waals surface area contributed by atoms with Gasteiger partial charge in [0.25, 0.3) is 0 Å². The molecule has 0 spiro atoms. The van der Waals surface area contributed by atoms with Gasteiger partial charge < -0.3 is 10.4 Å². The number of benzene rings is 1. The van der Waals surface area contributed by atoms with Crippen molar-refractivity contribution < 1.29 is 14.7 Å². The molecular weight excluding hydrogens is 580 g/mol. The Bertz CT molecular complexity index is 1090. The summed E-state index contributed by atoms with van der Waals surface area (Å²) in [4.78, 5) is 24.3. The number of aliphatic hydroxyl groups is 1. The van der Waals surface area contributed by atoms with Crippen molar-refractivity contribution >= 4 is 27.6 Å². The van der Waals surface area contributed by atoms with Crippen LogP contribution in [0, 0.1) is 12.8 Å². The molecule has 8 heteroatoms. The molecule has 1 unspecified atom stereocenters. The number of nitrogens with zero attached hydrogens (tertiary/aromatic N) is 2. The van der Waals surface area contributed by atoms with Gasteiger partial charge in [-0.05, 0) is 79.6 Å². The average Bonchev–Trinajstić information content (AvgIpc) is 3.29. The molecule has 0 fully saturated rings. The minimum absolute atomic E-state index is 0.00278. The largest absolute Gasteiger partial charge is 0.512 e. The summed E-state index contributed by atoms with van der Waals surface area (Å²) < 4.78 is 2.91. The Morgan fingerprint density at radius 1 is 1.12 bits per heavy atom. The first-order valence-electron chi connectivity index (χ1n) is 14.5. The second-order valence-corrected chi connectivity index (χ2v) is 10.6. The number of halogens is 1. The van der Waals surface area contributed by atoms with Gasteiger partial charge in [0.2, 0.25) is 5.91 Å². The normalized spacial score (nSPS) is 11.6. The maximum atomic E-state index is 12.2. The van der Waals surface area contributed by atoms with Crippen LogP contribution in [0.25, 0.3) is 0 Å². The summed E-state index contributed by atoms with van der Waals surface area (Å²) in [6.45, 7) is 21.1. The number of carbonyl (C=O) groups excluding carboxylic acids is 2. The molecule has 41 heavy (non-hydrogen) atoms. The fourth-order valence-electron chi connectivity index (χ4n) is 3.62. The topological polar surface area (TPSA) is 96.2 Å². The standard InChI is InChI=1S/C20H27BrN4O2.C9H16O.C4H8/c1-15(12-19(26)17-8-4-3-5-9-17)20(27)23-11-7-6-10-22-14-25-16(2)18(21)13-24-25;1-5-7(3)9(6-2)8(4)10;1-3-4-2/h3-5,8-9,13,15,22H,6-7,10-12,14H2,1-2H3,(H,23,27);10H,3,5-6H2,1-2,4H3;3H,1,4H2,2H3/b;9-8-;. The third-order valence-electron chi connectivity index (χ3n) is 6.35. The Morgan fingerprint density at radius 3 is 2.20 bits per heavy atom. The molecule has 2 aromatic rings. The van der Waals surface area contributed by atoms with Gasteiger partial charge >= 0.3 is 0 Å². The van der Waals surface area contributed by atoms with Gasteiger partial charge in [-0.3, -0.25) is 19.6 Å². The smallest absolute Gasteiger partial charge is 0.223 e. The van der Waals surface area contributed by atoms with Gasteiger partial charge in [-0.15, -0.1) is 6.58 Å². The third kappa shape index (κ3) is 16.2. The molecule has 3 N–H and O–H groups in total. The highest BCUT2D eigenvalue weighted by atomic mass is 79.9. The lowest BCUT2D eigenvalue weighted by Gasteiger charge is -2.12. The zero-order valence-electron chi connectivity index (χ0n) is 25.9. The van der Waals surface area contributed by atoms with E-state index in [4.69, 9.17) is 5.11 Å². The van der Waals surface area contributed by atoms with Crippen molar-refractivity contribution in [3.05, 3.63) is 88.4 Å². The summed E-state index contributed by atoms with van der Waals surface area (Å²) >= 11 is 3.44. The number of nitrogens with one attached hydrogen (secondary N) is 2. The van der Waals surface area contributed by atoms with Crippen molar-refractivity contribution in [2.45, 2.75) is 86.7 Å². The van der Waals surface area contributed by atoms with Crippen LogP contribution in [0.15, 0.2) is 77.1 Å². The van der Waals surface area contributed by atoms with Gasteiger partial charge in [0.05, 0.1) is 28.8 Å². The van der Waals surface area contributed by atoms with E-state index in [0.717, 1.165) is 60.0 Å². The van der Waals surface area contributed by atoms with Gasteiger partial charge in [-0.25, -0.2) is 0 Å². The van der Waals surface area contributed by atoms with Crippen LogP contribution < -0.4 is 10.6 Å². The SMILES string of the molecule is C=C(CC)/C(CC)=C(/C)O.C=CCC.Cc1c(Br)cnn1CNCCCCNC(=O)C(C)CC(=O)c1ccccc1. The molecular formula is C33H51BrN4O3. The lowest BCUT2D eigenvalue weighted by atomic mass is 9.99. The number of aliphatic hydroxyl groups excluding tert-OH is 1. The number of Topliss-reactive ketones (excluding diaryl/α,β-unsaturated/α-hetero) is 1. The highest BCUT2D eigenvalue weighted by Gasteiger charge is 2.17. The Hall–Kier alpha value is -2.97. The van der Waals surface area contributed by atoms with Crippen LogP contribution in [0.5, 0.6) is 0 Å². The highest BCUT2D eigenvalue weighted by molar-refractivity contribution is 9.10. The van der Waals surface area contributed by atoms with Crippen LogP contribution in [0.3, 0.4) is 0 Å². The first-order chi connectivity index (χ1) is 19.5. The number of allylic oxidation sites excluding steroid dienone is 4. The third-order valence-corrected chi connectivity index (χ3v) is 7.13. The predicted molar refractivity (Wildman–Crippen MR) is 175 cm³/mol. The number of rotatable bonds is 15. The molecule has 0 aliphatic carbocycles. The van der Waals surface area contributed by atoms with Crippen molar-refractivity contribution in [2.75, 3.05) is 13.1 Å². The van der Waals surface area contributed by atoms with Crippen LogP contribution in [-0.4, -0.2) is 39.7 Å². The fourth-order valence-corrected chi connectivity index (χ4v) is 3.91. The lowest BCUT2D eigenvalue weighted by Crippen LogP contribution is -2.31. The molecule has 0 bridgehead atoms. The quantitative estimate of drug-likeness (QED) is 0.0607. The van der Waals surface area contributed by atoms with E-state index < -0.39 is 0 Å². The number of aromatic nitrogens is 2. The summed E-state index contributed by atoms with van der Waals surface area (Å²) in [5.41, 5.74) is 3.79. The molecule has 1 amide bonds. The van der Waals surface area contributed by atoms with E-state index in [2.05, 4.69) is 51.7 Å². The minimum Gasteiger partial charge on any atom is -0.512 e. The van der Waals surface area contributed by atoms with Gasteiger partial charge in [0.15, 0.2) is 5.78 Å². The van der Waals surface area contributed by atoms with E-state index in [1.54, 1.807) is 32.2 Å². The zero-order valence-corrected chi connectivity index (χ0v) is 27.5. The Morgan fingerprint density at radius 2 is 1.73 bits per heavy atom. The second kappa shape index (κ2) is 22.7. The molecule has 1 aromatic carbocycles. The van der Waals surface area contributed by atoms with Crippen molar-refractivity contribution in [1.82, 2.24) is 20.4 Å². The second-order valence-electron chi connectivity index (χ2n) is 9.70. The Labute approximate surface area is 256 Å². The monoisotopic (exact) mass is 630 g/mol. The maximum absolute atomic E-state index is 12.2. The molecule has 0 aliphatic rings. The number of hydrogen-bond donors (Lipinski definition) is 3. The summed E-state index contributed by atoms with van der Waals surface area (Å²) in [6, 6.07) is 9.10.